The van der Waals surface area contributed by atoms with Crippen molar-refractivity contribution in [3.63, 3.8) is 0 Å². The van der Waals surface area contributed by atoms with E-state index >= 15 is 0 Å². The van der Waals surface area contributed by atoms with Crippen LogP contribution in [0.25, 0.3) is 0 Å². The molecule has 7 nitrogen and oxygen atoms in total. The molecular weight excluding hydrogens is 388 g/mol. The minimum atomic E-state index is -3.80. The molecule has 0 aliphatic carbocycles. The summed E-state index contributed by atoms with van der Waals surface area (Å²) < 4.78 is 32.3. The van der Waals surface area contributed by atoms with Crippen molar-refractivity contribution in [1.29, 1.82) is 0 Å². The number of carbonyl (C=O) groups excluding carboxylic acids is 2. The van der Waals surface area contributed by atoms with Gasteiger partial charge in [-0.1, -0.05) is 32.0 Å². The lowest BCUT2D eigenvalue weighted by molar-refractivity contribution is -0.125. The highest BCUT2D eigenvalue weighted by molar-refractivity contribution is 7.94. The number of thiophene rings is 1. The summed E-state index contributed by atoms with van der Waals surface area (Å²) >= 11 is 1.07. The molecule has 0 saturated carbocycles. The highest BCUT2D eigenvalue weighted by Crippen LogP contribution is 2.23. The lowest BCUT2D eigenvalue weighted by Gasteiger charge is -2.17. The Bertz CT molecular complexity index is 892. The number of hydrogen-bond donors (Lipinski definition) is 2. The van der Waals surface area contributed by atoms with Gasteiger partial charge in [-0.25, -0.2) is 13.2 Å². The quantitative estimate of drug-likeness (QED) is 0.652. The van der Waals surface area contributed by atoms with Gasteiger partial charge in [0.15, 0.2) is 6.61 Å². The first-order chi connectivity index (χ1) is 12.7. The van der Waals surface area contributed by atoms with Crippen LogP contribution in [0.2, 0.25) is 0 Å². The van der Waals surface area contributed by atoms with E-state index in [0.29, 0.717) is 0 Å². The SMILES string of the molecule is CC(C)[C@@H](C)NC(=O)COC(=O)c1ccccc1NS(=O)(=O)c1cccs1. The molecule has 146 valence electrons. The smallest absolute Gasteiger partial charge is 0.340 e. The fourth-order valence-electron chi connectivity index (χ4n) is 2.03. The molecule has 2 N–H and O–H groups in total. The number of rotatable bonds is 8. The molecule has 1 aromatic carbocycles. The average molecular weight is 411 g/mol. The van der Waals surface area contributed by atoms with Crippen molar-refractivity contribution in [2.45, 2.75) is 31.0 Å². The van der Waals surface area contributed by atoms with Gasteiger partial charge in [0.25, 0.3) is 15.9 Å². The van der Waals surface area contributed by atoms with Crippen molar-refractivity contribution in [3.05, 3.63) is 47.3 Å². The van der Waals surface area contributed by atoms with E-state index in [-0.39, 0.29) is 27.4 Å². The number of esters is 1. The molecule has 1 amide bonds. The highest BCUT2D eigenvalue weighted by Gasteiger charge is 2.21. The third-order valence-electron chi connectivity index (χ3n) is 3.87. The molecule has 1 aromatic heterocycles. The summed E-state index contributed by atoms with van der Waals surface area (Å²) in [5.74, 6) is -0.954. The lowest BCUT2D eigenvalue weighted by Crippen LogP contribution is -2.38. The summed E-state index contributed by atoms with van der Waals surface area (Å²) in [6, 6.07) is 9.11. The normalized spacial score (nSPS) is 12.4. The molecule has 27 heavy (non-hydrogen) atoms. The molecule has 0 bridgehead atoms. The molecule has 0 spiro atoms. The number of anilines is 1. The monoisotopic (exact) mass is 410 g/mol. The Morgan fingerprint density at radius 3 is 2.44 bits per heavy atom. The molecule has 0 unspecified atom stereocenters. The minimum absolute atomic E-state index is 0.0299. The minimum Gasteiger partial charge on any atom is -0.452 e. The van der Waals surface area contributed by atoms with Crippen LogP contribution < -0.4 is 10.0 Å². The Morgan fingerprint density at radius 2 is 1.81 bits per heavy atom. The van der Waals surface area contributed by atoms with Gasteiger partial charge in [0.1, 0.15) is 4.21 Å². The van der Waals surface area contributed by atoms with E-state index in [4.69, 9.17) is 4.74 Å². The number of sulfonamides is 1. The van der Waals surface area contributed by atoms with Gasteiger partial charge in [-0.15, -0.1) is 11.3 Å². The summed E-state index contributed by atoms with van der Waals surface area (Å²) in [5, 5.41) is 4.38. The second kappa shape index (κ2) is 9.01. The molecule has 9 heteroatoms. The van der Waals surface area contributed by atoms with E-state index in [1.54, 1.807) is 23.6 Å². The van der Waals surface area contributed by atoms with Crippen molar-refractivity contribution in [2.75, 3.05) is 11.3 Å². The average Bonchev–Trinajstić information content (AvgIpc) is 3.15. The van der Waals surface area contributed by atoms with Crippen molar-refractivity contribution >= 4 is 38.9 Å². The number of para-hydroxylation sites is 1. The van der Waals surface area contributed by atoms with E-state index in [9.17, 15) is 18.0 Å². The molecule has 0 radical (unpaired) electrons. The van der Waals surface area contributed by atoms with E-state index < -0.39 is 28.5 Å². The van der Waals surface area contributed by atoms with E-state index in [1.165, 1.54) is 18.2 Å². The Labute approximate surface area is 162 Å². The third-order valence-corrected chi connectivity index (χ3v) is 6.64. The third kappa shape index (κ3) is 5.80. The van der Waals surface area contributed by atoms with Crippen molar-refractivity contribution in [1.82, 2.24) is 5.32 Å². The van der Waals surface area contributed by atoms with Crippen LogP contribution in [0.3, 0.4) is 0 Å². The van der Waals surface area contributed by atoms with Gasteiger partial charge >= 0.3 is 5.97 Å². The van der Waals surface area contributed by atoms with Crippen molar-refractivity contribution in [2.24, 2.45) is 5.92 Å². The van der Waals surface area contributed by atoms with Gasteiger partial charge in [-0.05, 0) is 36.4 Å². The zero-order valence-electron chi connectivity index (χ0n) is 15.3. The van der Waals surface area contributed by atoms with Gasteiger partial charge in [0.2, 0.25) is 0 Å². The molecule has 2 rings (SSSR count). The van der Waals surface area contributed by atoms with Gasteiger partial charge in [-0.3, -0.25) is 9.52 Å². The van der Waals surface area contributed by atoms with Crippen LogP contribution in [-0.2, 0) is 19.6 Å². The fourth-order valence-corrected chi connectivity index (χ4v) is 4.11. The fraction of sp³-hybridized carbons (Fsp3) is 0.333. The molecule has 2 aromatic rings. The zero-order valence-corrected chi connectivity index (χ0v) is 16.9. The first-order valence-corrected chi connectivity index (χ1v) is 10.7. The molecule has 0 fully saturated rings. The summed E-state index contributed by atoms with van der Waals surface area (Å²) in [4.78, 5) is 24.2. The van der Waals surface area contributed by atoms with Crippen LogP contribution in [0.1, 0.15) is 31.1 Å². The second-order valence-electron chi connectivity index (χ2n) is 6.26. The topological polar surface area (TPSA) is 102 Å². The summed E-state index contributed by atoms with van der Waals surface area (Å²) in [6.07, 6.45) is 0. The number of benzene rings is 1. The number of amides is 1. The Hall–Kier alpha value is -2.39. The number of ether oxygens (including phenoxy) is 1. The van der Waals surface area contributed by atoms with Crippen LogP contribution in [0.4, 0.5) is 5.69 Å². The van der Waals surface area contributed by atoms with E-state index in [0.717, 1.165) is 11.3 Å². The van der Waals surface area contributed by atoms with Crippen LogP contribution in [-0.4, -0.2) is 32.9 Å². The van der Waals surface area contributed by atoms with Crippen molar-refractivity contribution < 1.29 is 22.7 Å². The summed E-state index contributed by atoms with van der Waals surface area (Å²) in [5.41, 5.74) is 0.120. The maximum absolute atomic E-state index is 12.4. The predicted molar refractivity (Wildman–Crippen MR) is 104 cm³/mol. The van der Waals surface area contributed by atoms with Crippen LogP contribution >= 0.6 is 11.3 Å². The van der Waals surface area contributed by atoms with E-state index in [1.807, 2.05) is 20.8 Å². The molecule has 1 heterocycles. The second-order valence-corrected chi connectivity index (χ2v) is 9.12. The maximum atomic E-state index is 12.4. The van der Waals surface area contributed by atoms with Crippen LogP contribution in [0.15, 0.2) is 46.0 Å². The Morgan fingerprint density at radius 1 is 1.11 bits per heavy atom. The Kier molecular flexibility index (Phi) is 6.98. The Balaban J connectivity index is 2.06. The van der Waals surface area contributed by atoms with Gasteiger partial charge < -0.3 is 10.1 Å². The van der Waals surface area contributed by atoms with E-state index in [2.05, 4.69) is 10.0 Å². The first kappa shape index (κ1) is 20.9. The van der Waals surface area contributed by atoms with Crippen LogP contribution in [0, 0.1) is 5.92 Å². The summed E-state index contributed by atoms with van der Waals surface area (Å²) in [7, 11) is -3.80. The number of nitrogens with one attached hydrogen (secondary N) is 2. The molecule has 1 atom stereocenters. The van der Waals surface area contributed by atoms with Gasteiger partial charge in [-0.2, -0.15) is 0 Å². The molecule has 0 aliphatic heterocycles. The maximum Gasteiger partial charge on any atom is 0.340 e. The largest absolute Gasteiger partial charge is 0.452 e. The number of carbonyl (C=O) groups is 2. The summed E-state index contributed by atoms with van der Waals surface area (Å²) in [6.45, 7) is 5.35. The number of hydrogen-bond acceptors (Lipinski definition) is 6. The highest BCUT2D eigenvalue weighted by atomic mass is 32.2. The standard InChI is InChI=1S/C18H22N2O5S2/c1-12(2)13(3)19-16(21)11-25-18(22)14-7-4-5-8-15(14)20-27(23,24)17-9-6-10-26-17/h4-10,12-13,20H,11H2,1-3H3,(H,19,21)/t13-/m1/s1. The van der Waals surface area contributed by atoms with Crippen molar-refractivity contribution in [3.8, 4) is 0 Å². The van der Waals surface area contributed by atoms with Crippen LogP contribution in [0.5, 0.6) is 0 Å². The van der Waals surface area contributed by atoms with Gasteiger partial charge in [0.05, 0.1) is 11.3 Å². The molecule has 0 aliphatic rings. The zero-order chi connectivity index (χ0) is 20.0. The first-order valence-electron chi connectivity index (χ1n) is 8.32. The lowest BCUT2D eigenvalue weighted by atomic mass is 10.1. The van der Waals surface area contributed by atoms with Gasteiger partial charge in [0, 0.05) is 6.04 Å². The molecular formula is C18H22N2O5S2. The molecule has 0 saturated heterocycles. The predicted octanol–water partition coefficient (Wildman–Crippen LogP) is 2.87.